The van der Waals surface area contributed by atoms with Crippen LogP contribution in [-0.4, -0.2) is 67.8 Å². The van der Waals surface area contributed by atoms with Crippen molar-refractivity contribution in [3.05, 3.63) is 23.8 Å². The molecule has 2 N–H and O–H groups in total. The van der Waals surface area contributed by atoms with Gasteiger partial charge in [0.25, 0.3) is 5.91 Å². The Bertz CT molecular complexity index is 685. The third kappa shape index (κ3) is 3.56. The molecule has 2 aliphatic rings. The Kier molecular flexibility index (Phi) is 4.60. The lowest BCUT2D eigenvalue weighted by atomic mass is 10.1. The zero-order valence-electron chi connectivity index (χ0n) is 14.9. The number of anilines is 1. The Labute approximate surface area is 147 Å². The predicted molar refractivity (Wildman–Crippen MR) is 94.0 cm³/mol. The molecule has 7 nitrogen and oxygen atoms in total. The second-order valence-electron chi connectivity index (χ2n) is 7.15. The van der Waals surface area contributed by atoms with Crippen LogP contribution in [0, 0.1) is 0 Å². The summed E-state index contributed by atoms with van der Waals surface area (Å²) >= 11 is 0. The van der Waals surface area contributed by atoms with Gasteiger partial charge in [0, 0.05) is 26.7 Å². The number of hydrogen-bond donors (Lipinski definition) is 2. The molecule has 1 heterocycles. The van der Waals surface area contributed by atoms with Crippen molar-refractivity contribution in [2.75, 3.05) is 39.3 Å². The predicted octanol–water partition coefficient (Wildman–Crippen LogP) is 0.617. The van der Waals surface area contributed by atoms with Crippen LogP contribution in [0.4, 0.5) is 5.69 Å². The zero-order valence-corrected chi connectivity index (χ0v) is 14.9. The van der Waals surface area contributed by atoms with E-state index in [1.165, 1.54) is 4.90 Å². The molecule has 1 aliphatic carbocycles. The number of amides is 2. The van der Waals surface area contributed by atoms with Crippen molar-refractivity contribution in [3.63, 3.8) is 0 Å². The van der Waals surface area contributed by atoms with Crippen LogP contribution in [-0.2, 0) is 4.79 Å². The Morgan fingerprint density at radius 1 is 1.40 bits per heavy atom. The smallest absolute Gasteiger partial charge is 0.253 e. The topological polar surface area (TPSA) is 82.1 Å². The molecule has 7 heteroatoms. The molecule has 0 bridgehead atoms. The lowest BCUT2D eigenvalue weighted by molar-refractivity contribution is -0.123. The van der Waals surface area contributed by atoms with Gasteiger partial charge in [0.05, 0.1) is 30.3 Å². The SMILES string of the molecule is CN(C)C(=O)c1ccc2c(c1)N(C)[C@@H](CC(=O)NC1(CO)CC1)CO2. The molecule has 1 atom stereocenters. The van der Waals surface area contributed by atoms with Gasteiger partial charge in [-0.15, -0.1) is 0 Å². The number of benzene rings is 1. The maximum absolute atomic E-state index is 12.3. The number of aliphatic hydroxyl groups excluding tert-OH is 1. The molecule has 1 aromatic carbocycles. The van der Waals surface area contributed by atoms with Crippen LogP contribution in [0.5, 0.6) is 5.75 Å². The minimum Gasteiger partial charge on any atom is -0.489 e. The summed E-state index contributed by atoms with van der Waals surface area (Å²) in [5.41, 5.74) is 0.982. The van der Waals surface area contributed by atoms with E-state index in [2.05, 4.69) is 5.32 Å². The van der Waals surface area contributed by atoms with Crippen molar-refractivity contribution in [1.29, 1.82) is 0 Å². The largest absolute Gasteiger partial charge is 0.489 e. The van der Waals surface area contributed by atoms with Gasteiger partial charge in [-0.25, -0.2) is 0 Å². The summed E-state index contributed by atoms with van der Waals surface area (Å²) in [5, 5.41) is 12.3. The van der Waals surface area contributed by atoms with Crippen LogP contribution in [0.25, 0.3) is 0 Å². The molecule has 136 valence electrons. The highest BCUT2D eigenvalue weighted by Crippen LogP contribution is 2.36. The number of carbonyl (C=O) groups is 2. The summed E-state index contributed by atoms with van der Waals surface area (Å²) in [6.07, 6.45) is 1.93. The molecule has 1 fully saturated rings. The molecule has 1 aromatic rings. The standard InChI is InChI=1S/C18H25N3O4/c1-20(2)17(24)12-4-5-15-14(8-12)21(3)13(10-25-15)9-16(23)19-18(11-22)6-7-18/h4-5,8,13,22H,6-7,9-11H2,1-3H3,(H,19,23)/t13-/m0/s1. The first kappa shape index (κ1) is 17.5. The van der Waals surface area contributed by atoms with Gasteiger partial charge in [-0.1, -0.05) is 0 Å². The van der Waals surface area contributed by atoms with Crippen molar-refractivity contribution in [1.82, 2.24) is 10.2 Å². The van der Waals surface area contributed by atoms with Crippen molar-refractivity contribution in [3.8, 4) is 5.75 Å². The Morgan fingerprint density at radius 2 is 2.12 bits per heavy atom. The van der Waals surface area contributed by atoms with Crippen molar-refractivity contribution in [2.45, 2.75) is 30.8 Å². The summed E-state index contributed by atoms with van der Waals surface area (Å²) in [7, 11) is 5.33. The molecule has 25 heavy (non-hydrogen) atoms. The quantitative estimate of drug-likeness (QED) is 0.816. The summed E-state index contributed by atoms with van der Waals surface area (Å²) in [6, 6.07) is 5.23. The van der Waals surface area contributed by atoms with Crippen LogP contribution in [0.3, 0.4) is 0 Å². The van der Waals surface area contributed by atoms with E-state index in [4.69, 9.17) is 4.74 Å². The number of ether oxygens (including phenoxy) is 1. The number of rotatable bonds is 5. The van der Waals surface area contributed by atoms with E-state index in [0.717, 1.165) is 18.5 Å². The molecular weight excluding hydrogens is 322 g/mol. The minimum atomic E-state index is -0.408. The molecule has 0 spiro atoms. The number of carbonyl (C=O) groups excluding carboxylic acids is 2. The van der Waals surface area contributed by atoms with Crippen molar-refractivity contribution in [2.24, 2.45) is 0 Å². The Balaban J connectivity index is 1.71. The Morgan fingerprint density at radius 3 is 2.72 bits per heavy atom. The fourth-order valence-electron chi connectivity index (χ4n) is 3.03. The third-order valence-corrected chi connectivity index (χ3v) is 4.95. The molecule has 3 rings (SSSR count). The van der Waals surface area contributed by atoms with Crippen molar-refractivity contribution < 1.29 is 19.4 Å². The number of hydrogen-bond acceptors (Lipinski definition) is 5. The van der Waals surface area contributed by atoms with E-state index in [1.54, 1.807) is 32.3 Å². The molecule has 0 unspecified atom stereocenters. The van der Waals surface area contributed by atoms with Crippen LogP contribution < -0.4 is 15.0 Å². The average Bonchev–Trinajstić information content (AvgIpc) is 3.36. The molecule has 1 aliphatic heterocycles. The lowest BCUT2D eigenvalue weighted by Crippen LogP contribution is -2.47. The van der Waals surface area contributed by atoms with E-state index in [1.807, 2.05) is 11.9 Å². The number of fused-ring (bicyclic) bond motifs is 1. The third-order valence-electron chi connectivity index (χ3n) is 4.95. The van der Waals surface area contributed by atoms with Gasteiger partial charge in [-0.3, -0.25) is 9.59 Å². The number of nitrogens with zero attached hydrogens (tertiary/aromatic N) is 2. The first-order valence-corrected chi connectivity index (χ1v) is 8.48. The first-order chi connectivity index (χ1) is 11.8. The summed E-state index contributed by atoms with van der Waals surface area (Å²) < 4.78 is 5.78. The monoisotopic (exact) mass is 347 g/mol. The molecule has 1 saturated carbocycles. The summed E-state index contributed by atoms with van der Waals surface area (Å²) in [4.78, 5) is 28.0. The highest BCUT2D eigenvalue weighted by Gasteiger charge is 2.43. The van der Waals surface area contributed by atoms with Gasteiger partial charge in [-0.05, 0) is 31.0 Å². The van der Waals surface area contributed by atoms with Gasteiger partial charge in [0.2, 0.25) is 5.91 Å². The molecule has 2 amide bonds. The maximum atomic E-state index is 12.3. The summed E-state index contributed by atoms with van der Waals surface area (Å²) in [5.74, 6) is 0.550. The second-order valence-corrected chi connectivity index (χ2v) is 7.15. The number of nitrogens with one attached hydrogen (secondary N) is 1. The van der Waals surface area contributed by atoms with Crippen molar-refractivity contribution >= 4 is 17.5 Å². The van der Waals surface area contributed by atoms with Gasteiger partial charge in [0.15, 0.2) is 0 Å². The Hall–Kier alpha value is -2.28. The minimum absolute atomic E-state index is 0.0193. The molecule has 0 radical (unpaired) electrons. The number of likely N-dealkylation sites (N-methyl/N-ethyl adjacent to an activating group) is 1. The lowest BCUT2D eigenvalue weighted by Gasteiger charge is -2.36. The fourth-order valence-corrected chi connectivity index (χ4v) is 3.03. The van der Waals surface area contributed by atoms with Crippen LogP contribution >= 0.6 is 0 Å². The van der Waals surface area contributed by atoms with Gasteiger partial charge < -0.3 is 25.0 Å². The summed E-state index contributed by atoms with van der Waals surface area (Å²) in [6.45, 7) is 0.388. The van der Waals surface area contributed by atoms with E-state index < -0.39 is 5.54 Å². The molecular formula is C18H25N3O4. The van der Waals surface area contributed by atoms with E-state index in [9.17, 15) is 14.7 Å². The van der Waals surface area contributed by atoms with Gasteiger partial charge >= 0.3 is 0 Å². The van der Waals surface area contributed by atoms with Crippen LogP contribution in [0.1, 0.15) is 29.6 Å². The van der Waals surface area contributed by atoms with E-state index in [-0.39, 0.29) is 30.9 Å². The van der Waals surface area contributed by atoms with Crippen LogP contribution in [0.2, 0.25) is 0 Å². The van der Waals surface area contributed by atoms with Gasteiger partial charge in [-0.2, -0.15) is 0 Å². The average molecular weight is 347 g/mol. The molecule has 0 aromatic heterocycles. The van der Waals surface area contributed by atoms with Gasteiger partial charge in [0.1, 0.15) is 12.4 Å². The highest BCUT2D eigenvalue weighted by molar-refractivity contribution is 5.95. The highest BCUT2D eigenvalue weighted by atomic mass is 16.5. The van der Waals surface area contributed by atoms with E-state index in [0.29, 0.717) is 17.9 Å². The zero-order chi connectivity index (χ0) is 18.2. The maximum Gasteiger partial charge on any atom is 0.253 e. The van der Waals surface area contributed by atoms with Crippen LogP contribution in [0.15, 0.2) is 18.2 Å². The first-order valence-electron chi connectivity index (χ1n) is 8.48. The second kappa shape index (κ2) is 6.55. The fraction of sp³-hybridized carbons (Fsp3) is 0.556. The number of aliphatic hydroxyl groups is 1. The van der Waals surface area contributed by atoms with E-state index >= 15 is 0 Å². The molecule has 0 saturated heterocycles. The normalized spacial score (nSPS) is 20.3.